The van der Waals surface area contributed by atoms with E-state index in [1.807, 2.05) is 68.4 Å². The third kappa shape index (κ3) is 5.04. The van der Waals surface area contributed by atoms with E-state index in [2.05, 4.69) is 15.4 Å². The molecule has 10 nitrogen and oxygen atoms in total. The van der Waals surface area contributed by atoms with Crippen molar-refractivity contribution in [2.24, 2.45) is 5.41 Å². The van der Waals surface area contributed by atoms with Crippen molar-refractivity contribution >= 4 is 33.4 Å². The lowest BCUT2D eigenvalue weighted by Crippen LogP contribution is -2.61. The van der Waals surface area contributed by atoms with Crippen LogP contribution in [-0.2, 0) is 25.0 Å². The predicted octanol–water partition coefficient (Wildman–Crippen LogP) is 5.13. The van der Waals surface area contributed by atoms with Gasteiger partial charge in [0.05, 0.1) is 11.7 Å². The summed E-state index contributed by atoms with van der Waals surface area (Å²) < 4.78 is 35.9. The number of aryl methyl sites for hydroxylation is 1. The number of hydrogen-bond acceptors (Lipinski definition) is 8. The minimum absolute atomic E-state index is 0.171. The molecule has 0 radical (unpaired) electrons. The van der Waals surface area contributed by atoms with Crippen LogP contribution in [0.2, 0.25) is 0 Å². The van der Waals surface area contributed by atoms with Crippen LogP contribution in [0.1, 0.15) is 67.2 Å². The summed E-state index contributed by atoms with van der Waals surface area (Å²) in [6, 6.07) is 17.5. The summed E-state index contributed by atoms with van der Waals surface area (Å²) >= 11 is 0. The predicted molar refractivity (Wildman–Crippen MR) is 158 cm³/mol. The van der Waals surface area contributed by atoms with Gasteiger partial charge in [-0.25, -0.2) is 17.5 Å². The number of likely N-dealkylation sites (N-methyl/N-ethyl adjacent to an activating group) is 1. The molecule has 1 aliphatic heterocycles. The molecule has 42 heavy (non-hydrogen) atoms. The van der Waals surface area contributed by atoms with Gasteiger partial charge in [-0.2, -0.15) is 0 Å². The smallest absolute Gasteiger partial charge is 0.412 e. The molecular weight excluding hydrogens is 556 g/mol. The van der Waals surface area contributed by atoms with Gasteiger partial charge in [0, 0.05) is 37.2 Å². The molecule has 11 heteroatoms. The van der Waals surface area contributed by atoms with Gasteiger partial charge in [0.1, 0.15) is 17.5 Å². The third-order valence-electron chi connectivity index (χ3n) is 9.18. The summed E-state index contributed by atoms with van der Waals surface area (Å²) in [7, 11) is -2.26. The highest BCUT2D eigenvalue weighted by molar-refractivity contribution is 7.88. The maximum Gasteiger partial charge on any atom is 0.412 e. The highest BCUT2D eigenvalue weighted by Crippen LogP contribution is 2.58. The molecule has 222 valence electrons. The van der Waals surface area contributed by atoms with Crippen LogP contribution < -0.4 is 10.2 Å². The Labute approximate surface area is 246 Å². The quantitative estimate of drug-likeness (QED) is 0.382. The van der Waals surface area contributed by atoms with Crippen molar-refractivity contribution in [1.82, 2.24) is 9.46 Å². The van der Waals surface area contributed by atoms with Gasteiger partial charge in [-0.3, -0.25) is 10.1 Å². The highest BCUT2D eigenvalue weighted by Gasteiger charge is 2.55. The zero-order valence-corrected chi connectivity index (χ0v) is 25.1. The maximum absolute atomic E-state index is 12.9. The van der Waals surface area contributed by atoms with Gasteiger partial charge in [-0.05, 0) is 62.8 Å². The van der Waals surface area contributed by atoms with E-state index in [-0.39, 0.29) is 23.3 Å². The van der Waals surface area contributed by atoms with Crippen molar-refractivity contribution in [3.8, 4) is 0 Å². The molecular formula is C31H36N4O6S. The Morgan fingerprint density at radius 1 is 1.10 bits per heavy atom. The first-order valence-electron chi connectivity index (χ1n) is 14.2. The lowest BCUT2D eigenvalue weighted by molar-refractivity contribution is -0.128. The van der Waals surface area contributed by atoms with Crippen LogP contribution in [0.4, 0.5) is 16.2 Å². The number of ether oxygens (including phenoxy) is 1. The van der Waals surface area contributed by atoms with Gasteiger partial charge in [-0.1, -0.05) is 47.6 Å². The number of carbonyl (C=O) groups excluding carboxylic acids is 2. The van der Waals surface area contributed by atoms with Gasteiger partial charge < -0.3 is 14.2 Å². The second-order valence-corrected chi connectivity index (χ2v) is 14.2. The molecule has 0 bridgehead atoms. The molecule has 1 saturated heterocycles. The Bertz CT molecular complexity index is 1600. The largest absolute Gasteiger partial charge is 0.441 e. The molecule has 0 unspecified atom stereocenters. The number of amides is 2. The summed E-state index contributed by atoms with van der Waals surface area (Å²) in [6.07, 6.45) is 3.31. The summed E-state index contributed by atoms with van der Waals surface area (Å²) in [5, 5.41) is 6.98. The number of rotatable bonds is 8. The molecule has 1 atom stereocenters. The van der Waals surface area contributed by atoms with Crippen LogP contribution >= 0.6 is 0 Å². The Morgan fingerprint density at radius 2 is 1.74 bits per heavy atom. The van der Waals surface area contributed by atoms with E-state index in [9.17, 15) is 18.0 Å². The molecule has 2 saturated carbocycles. The van der Waals surface area contributed by atoms with Gasteiger partial charge in [0.25, 0.3) is 0 Å². The van der Waals surface area contributed by atoms with Crippen LogP contribution in [0, 0.1) is 12.3 Å². The summed E-state index contributed by atoms with van der Waals surface area (Å²) in [6.45, 7) is 5.47. The average Bonchev–Trinajstić information content (AvgIpc) is 3.66. The van der Waals surface area contributed by atoms with Crippen molar-refractivity contribution in [3.63, 3.8) is 0 Å². The number of aromatic nitrogens is 1. The first kappa shape index (κ1) is 28.3. The number of hydrogen-bond donors (Lipinski definition) is 1. The number of sulfonamides is 1. The zero-order chi connectivity index (χ0) is 29.9. The van der Waals surface area contributed by atoms with E-state index in [1.54, 1.807) is 0 Å². The molecule has 2 aromatic carbocycles. The maximum atomic E-state index is 12.9. The molecule has 2 amide bonds. The molecule has 3 fully saturated rings. The lowest BCUT2D eigenvalue weighted by Gasteiger charge is -2.59. The first-order valence-corrected chi connectivity index (χ1v) is 16.1. The van der Waals surface area contributed by atoms with Gasteiger partial charge in [0.15, 0.2) is 5.76 Å². The van der Waals surface area contributed by atoms with E-state index < -0.39 is 21.5 Å². The third-order valence-corrected chi connectivity index (χ3v) is 10.3. The zero-order valence-electron chi connectivity index (χ0n) is 24.3. The number of nitrogens with zero attached hydrogens (tertiary/aromatic N) is 3. The Hall–Kier alpha value is -3.86. The first-order chi connectivity index (χ1) is 19.9. The SMILES string of the molecule is Cc1noc(C2CC3(C2)CN(c2ccc(C4(C(=O)N(C)S(C)(=O)=O)CC4)cc2)C3)c1NC(=O)O[C@H](C)c1ccccc1. The monoisotopic (exact) mass is 592 g/mol. The number of anilines is 2. The van der Waals surface area contributed by atoms with E-state index in [0.29, 0.717) is 30.0 Å². The average molecular weight is 593 g/mol. The minimum atomic E-state index is -3.59. The fourth-order valence-electron chi connectivity index (χ4n) is 6.47. The molecule has 1 aromatic heterocycles. The van der Waals surface area contributed by atoms with Crippen LogP contribution in [0.25, 0.3) is 0 Å². The summed E-state index contributed by atoms with van der Waals surface area (Å²) in [5.74, 6) is 0.505. The van der Waals surface area contributed by atoms with Crippen LogP contribution in [0.3, 0.4) is 0 Å². The normalized spacial score (nSPS) is 19.4. The summed E-state index contributed by atoms with van der Waals surface area (Å²) in [5.41, 5.74) is 3.54. The minimum Gasteiger partial charge on any atom is -0.441 e. The number of carbonyl (C=O) groups is 2. The molecule has 2 heterocycles. The second-order valence-electron chi connectivity index (χ2n) is 12.2. The van der Waals surface area contributed by atoms with Crippen LogP contribution in [0.15, 0.2) is 59.1 Å². The lowest BCUT2D eigenvalue weighted by atomic mass is 9.57. The second kappa shape index (κ2) is 10.1. The van der Waals surface area contributed by atoms with Crippen molar-refractivity contribution in [1.29, 1.82) is 0 Å². The van der Waals surface area contributed by atoms with Crippen LogP contribution in [-0.4, -0.2) is 56.3 Å². The standard InChI is InChI=1S/C31H36N4O6S/c1-20-26(32-29(37)40-21(2)22-8-6-5-7-9-22)27(41-33-20)23-16-30(17-23)18-35(19-30)25-12-10-24(11-13-25)31(14-15-31)28(36)34(3)42(4,38)39/h5-13,21,23H,14-19H2,1-4H3,(H,32,37)/t21-/m1/s1. The summed E-state index contributed by atoms with van der Waals surface area (Å²) in [4.78, 5) is 27.9. The van der Waals surface area contributed by atoms with Crippen molar-refractivity contribution in [3.05, 3.63) is 77.2 Å². The molecule has 3 aromatic rings. The van der Waals surface area contributed by atoms with Gasteiger partial charge in [-0.15, -0.1) is 0 Å². The van der Waals surface area contributed by atoms with E-state index in [4.69, 9.17) is 9.26 Å². The molecule has 1 N–H and O–H groups in total. The van der Waals surface area contributed by atoms with Crippen molar-refractivity contribution in [2.45, 2.75) is 57.0 Å². The Morgan fingerprint density at radius 3 is 2.33 bits per heavy atom. The fraction of sp³-hybridized carbons (Fsp3) is 0.452. The molecule has 3 aliphatic rings. The number of benzene rings is 2. The number of nitrogens with one attached hydrogen (secondary N) is 1. The highest BCUT2D eigenvalue weighted by atomic mass is 32.2. The topological polar surface area (TPSA) is 122 Å². The molecule has 6 rings (SSSR count). The van der Waals surface area contributed by atoms with E-state index >= 15 is 0 Å². The van der Waals surface area contributed by atoms with E-state index in [0.717, 1.165) is 53.3 Å². The fourth-order valence-corrected chi connectivity index (χ4v) is 6.95. The van der Waals surface area contributed by atoms with Gasteiger partial charge >= 0.3 is 6.09 Å². The van der Waals surface area contributed by atoms with Gasteiger partial charge in [0.2, 0.25) is 15.9 Å². The molecule has 2 aliphatic carbocycles. The van der Waals surface area contributed by atoms with Crippen LogP contribution in [0.5, 0.6) is 0 Å². The Kier molecular flexibility index (Phi) is 6.83. The van der Waals surface area contributed by atoms with E-state index in [1.165, 1.54) is 7.05 Å². The Balaban J connectivity index is 1.04. The van der Waals surface area contributed by atoms with Crippen molar-refractivity contribution in [2.75, 3.05) is 36.6 Å². The molecule has 1 spiro atoms. The van der Waals surface area contributed by atoms with Crippen molar-refractivity contribution < 1.29 is 27.3 Å².